The van der Waals surface area contributed by atoms with Gasteiger partial charge >= 0.3 is 0 Å². The fourth-order valence-corrected chi connectivity index (χ4v) is 2.72. The Morgan fingerprint density at radius 1 is 1.39 bits per heavy atom. The quantitative estimate of drug-likeness (QED) is 0.835. The van der Waals surface area contributed by atoms with Gasteiger partial charge in [-0.2, -0.15) is 0 Å². The number of thiazole rings is 1. The van der Waals surface area contributed by atoms with E-state index >= 15 is 0 Å². The summed E-state index contributed by atoms with van der Waals surface area (Å²) in [7, 11) is 0. The fraction of sp³-hybridized carbons (Fsp3) is 0.167. The standard InChI is InChI=1S/C12H12BrN3S2/c13-10-4-2-1-3-9(10)5-6-14-11(17)16-12-15-7-8-18-12/h1-4,7-8H,5-6H2,(H2,14,15,16,17). The topological polar surface area (TPSA) is 37.0 Å². The van der Waals surface area contributed by atoms with Gasteiger partial charge in [-0.1, -0.05) is 34.1 Å². The van der Waals surface area contributed by atoms with Crippen LogP contribution in [-0.4, -0.2) is 16.6 Å². The molecule has 3 nitrogen and oxygen atoms in total. The molecule has 2 aromatic rings. The largest absolute Gasteiger partial charge is 0.362 e. The average Bonchev–Trinajstić information content (AvgIpc) is 2.84. The molecule has 0 atom stereocenters. The Labute approximate surface area is 124 Å². The lowest BCUT2D eigenvalue weighted by molar-refractivity contribution is 0.870. The molecular formula is C12H12BrN3S2. The Morgan fingerprint density at radius 2 is 2.22 bits per heavy atom. The molecule has 2 rings (SSSR count). The third-order valence-electron chi connectivity index (χ3n) is 2.29. The van der Waals surface area contributed by atoms with Crippen LogP contribution in [0.25, 0.3) is 0 Å². The lowest BCUT2D eigenvalue weighted by Gasteiger charge is -2.09. The van der Waals surface area contributed by atoms with Crippen molar-refractivity contribution in [1.82, 2.24) is 10.3 Å². The summed E-state index contributed by atoms with van der Waals surface area (Å²) in [4.78, 5) is 4.11. The van der Waals surface area contributed by atoms with E-state index in [1.807, 2.05) is 23.6 Å². The van der Waals surface area contributed by atoms with Gasteiger partial charge in [0.1, 0.15) is 0 Å². The summed E-state index contributed by atoms with van der Waals surface area (Å²) in [5, 5.41) is 9.53. The van der Waals surface area contributed by atoms with Gasteiger partial charge in [-0.3, -0.25) is 0 Å². The molecule has 6 heteroatoms. The molecule has 0 radical (unpaired) electrons. The van der Waals surface area contributed by atoms with E-state index in [1.165, 1.54) is 16.9 Å². The van der Waals surface area contributed by atoms with Crippen LogP contribution < -0.4 is 10.6 Å². The average molecular weight is 342 g/mol. The Morgan fingerprint density at radius 3 is 2.94 bits per heavy atom. The number of benzene rings is 1. The van der Waals surface area contributed by atoms with Crippen LogP contribution in [0, 0.1) is 0 Å². The third kappa shape index (κ3) is 4.04. The van der Waals surface area contributed by atoms with E-state index in [1.54, 1.807) is 6.20 Å². The van der Waals surface area contributed by atoms with Gasteiger partial charge in [0.05, 0.1) is 0 Å². The fourth-order valence-electron chi connectivity index (χ4n) is 1.44. The SMILES string of the molecule is S=C(NCCc1ccccc1Br)Nc1nccs1. The summed E-state index contributed by atoms with van der Waals surface area (Å²) in [6.07, 6.45) is 2.66. The molecule has 0 saturated heterocycles. The van der Waals surface area contributed by atoms with Crippen LogP contribution in [0.1, 0.15) is 5.56 Å². The van der Waals surface area contributed by atoms with Gasteiger partial charge in [-0.25, -0.2) is 4.98 Å². The zero-order valence-corrected chi connectivity index (χ0v) is 12.7. The number of rotatable bonds is 4. The molecule has 0 fully saturated rings. The van der Waals surface area contributed by atoms with Crippen LogP contribution in [0.2, 0.25) is 0 Å². The maximum absolute atomic E-state index is 5.18. The number of anilines is 1. The Hall–Kier alpha value is -0.980. The van der Waals surface area contributed by atoms with E-state index in [-0.39, 0.29) is 0 Å². The molecule has 18 heavy (non-hydrogen) atoms. The smallest absolute Gasteiger partial charge is 0.188 e. The first-order chi connectivity index (χ1) is 8.75. The Bertz CT molecular complexity index is 514. The molecule has 0 bridgehead atoms. The van der Waals surface area contributed by atoms with Gasteiger partial charge in [0.25, 0.3) is 0 Å². The molecule has 0 aliphatic carbocycles. The molecule has 94 valence electrons. The van der Waals surface area contributed by atoms with Gasteiger partial charge in [-0.05, 0) is 30.3 Å². The predicted octanol–water partition coefficient (Wildman–Crippen LogP) is 3.43. The molecule has 1 aromatic heterocycles. The second-order valence-electron chi connectivity index (χ2n) is 3.56. The lowest BCUT2D eigenvalue weighted by Crippen LogP contribution is -2.30. The maximum atomic E-state index is 5.18. The van der Waals surface area contributed by atoms with Crippen molar-refractivity contribution in [3.05, 3.63) is 45.9 Å². The third-order valence-corrected chi connectivity index (χ3v) is 4.00. The van der Waals surface area contributed by atoms with Crippen LogP contribution in [0.4, 0.5) is 5.13 Å². The monoisotopic (exact) mass is 341 g/mol. The molecule has 2 N–H and O–H groups in total. The molecule has 1 heterocycles. The second-order valence-corrected chi connectivity index (χ2v) is 5.72. The van der Waals surface area contributed by atoms with Crippen LogP contribution in [0.3, 0.4) is 0 Å². The molecule has 0 spiro atoms. The van der Waals surface area contributed by atoms with Gasteiger partial charge in [0, 0.05) is 22.6 Å². The molecule has 0 amide bonds. The summed E-state index contributed by atoms with van der Waals surface area (Å²) >= 11 is 10.2. The van der Waals surface area contributed by atoms with Crippen molar-refractivity contribution in [3.63, 3.8) is 0 Å². The van der Waals surface area contributed by atoms with E-state index < -0.39 is 0 Å². The highest BCUT2D eigenvalue weighted by molar-refractivity contribution is 9.10. The highest BCUT2D eigenvalue weighted by atomic mass is 79.9. The first-order valence-electron chi connectivity index (χ1n) is 5.43. The van der Waals surface area contributed by atoms with Crippen molar-refractivity contribution in [3.8, 4) is 0 Å². The Balaban J connectivity index is 1.75. The van der Waals surface area contributed by atoms with Gasteiger partial charge in [-0.15, -0.1) is 11.3 Å². The highest BCUT2D eigenvalue weighted by Gasteiger charge is 2.01. The van der Waals surface area contributed by atoms with Crippen molar-refractivity contribution < 1.29 is 0 Å². The normalized spacial score (nSPS) is 10.1. The number of hydrogen-bond donors (Lipinski definition) is 2. The first kappa shape index (κ1) is 13.5. The van der Waals surface area contributed by atoms with Crippen molar-refractivity contribution in [2.24, 2.45) is 0 Å². The maximum Gasteiger partial charge on any atom is 0.188 e. The lowest BCUT2D eigenvalue weighted by atomic mass is 10.1. The minimum absolute atomic E-state index is 0.608. The molecular weight excluding hydrogens is 330 g/mol. The van der Waals surface area contributed by atoms with Gasteiger partial charge in [0.2, 0.25) is 0 Å². The number of aromatic nitrogens is 1. The first-order valence-corrected chi connectivity index (χ1v) is 7.51. The van der Waals surface area contributed by atoms with E-state index in [4.69, 9.17) is 12.2 Å². The predicted molar refractivity (Wildman–Crippen MR) is 84.2 cm³/mol. The van der Waals surface area contributed by atoms with Gasteiger partial charge < -0.3 is 10.6 Å². The zero-order valence-electron chi connectivity index (χ0n) is 9.52. The minimum Gasteiger partial charge on any atom is -0.362 e. The van der Waals surface area contributed by atoms with E-state index in [0.717, 1.165) is 22.6 Å². The summed E-state index contributed by atoms with van der Waals surface area (Å²) in [5.74, 6) is 0. The summed E-state index contributed by atoms with van der Waals surface area (Å²) in [6.45, 7) is 0.791. The summed E-state index contributed by atoms with van der Waals surface area (Å²) in [5.41, 5.74) is 1.27. The molecule has 0 saturated carbocycles. The number of hydrogen-bond acceptors (Lipinski definition) is 3. The van der Waals surface area contributed by atoms with E-state index in [9.17, 15) is 0 Å². The van der Waals surface area contributed by atoms with Crippen LogP contribution in [0.5, 0.6) is 0 Å². The number of nitrogens with zero attached hydrogens (tertiary/aromatic N) is 1. The van der Waals surface area contributed by atoms with Crippen molar-refractivity contribution in [2.45, 2.75) is 6.42 Å². The van der Waals surface area contributed by atoms with Crippen LogP contribution >= 0.6 is 39.5 Å². The van der Waals surface area contributed by atoms with Crippen molar-refractivity contribution in [2.75, 3.05) is 11.9 Å². The molecule has 0 unspecified atom stereocenters. The van der Waals surface area contributed by atoms with Crippen LogP contribution in [-0.2, 0) is 6.42 Å². The minimum atomic E-state index is 0.608. The summed E-state index contributed by atoms with van der Waals surface area (Å²) in [6, 6.07) is 8.19. The summed E-state index contributed by atoms with van der Waals surface area (Å²) < 4.78 is 1.13. The van der Waals surface area contributed by atoms with E-state index in [2.05, 4.69) is 37.6 Å². The molecule has 0 aliphatic heterocycles. The number of nitrogens with one attached hydrogen (secondary N) is 2. The van der Waals surface area contributed by atoms with Crippen LogP contribution in [0.15, 0.2) is 40.3 Å². The number of halogens is 1. The zero-order chi connectivity index (χ0) is 12.8. The Kier molecular flexibility index (Phi) is 5.10. The molecule has 0 aliphatic rings. The second kappa shape index (κ2) is 6.82. The molecule has 1 aromatic carbocycles. The van der Waals surface area contributed by atoms with Crippen molar-refractivity contribution in [1.29, 1.82) is 0 Å². The van der Waals surface area contributed by atoms with Crippen molar-refractivity contribution >= 4 is 49.7 Å². The van der Waals surface area contributed by atoms with E-state index in [0.29, 0.717) is 5.11 Å². The van der Waals surface area contributed by atoms with Gasteiger partial charge in [0.15, 0.2) is 10.2 Å². The highest BCUT2D eigenvalue weighted by Crippen LogP contribution is 2.15. The number of thiocarbonyl (C=S) groups is 1.